The summed E-state index contributed by atoms with van der Waals surface area (Å²) in [5.74, 6) is -0.412. The minimum Gasteiger partial charge on any atom is -0.465 e. The Morgan fingerprint density at radius 1 is 1.29 bits per heavy atom. The molecule has 1 saturated heterocycles. The van der Waals surface area contributed by atoms with E-state index < -0.39 is 59.9 Å². The predicted molar refractivity (Wildman–Crippen MR) is 137 cm³/mol. The van der Waals surface area contributed by atoms with E-state index in [1.807, 2.05) is 13.8 Å². The molecule has 0 spiro atoms. The third-order valence-electron chi connectivity index (χ3n) is 6.47. The Morgan fingerprint density at radius 3 is 2.53 bits per heavy atom. The summed E-state index contributed by atoms with van der Waals surface area (Å²) in [5.41, 5.74) is -3.26. The van der Waals surface area contributed by atoms with Crippen molar-refractivity contribution in [3.8, 4) is 5.75 Å². The largest absolute Gasteiger partial charge is 0.465 e. The van der Waals surface area contributed by atoms with E-state index in [-0.39, 0.29) is 24.7 Å². The van der Waals surface area contributed by atoms with Gasteiger partial charge in [0, 0.05) is 12.3 Å². The Hall–Kier alpha value is -2.47. The molecule has 1 aromatic heterocycles. The summed E-state index contributed by atoms with van der Waals surface area (Å²) in [7, 11) is -4.35. The summed E-state index contributed by atoms with van der Waals surface area (Å²) in [6.45, 7) is 6.99. The highest BCUT2D eigenvalue weighted by Crippen LogP contribution is 2.66. The Bertz CT molecular complexity index is 1330. The second-order valence-corrected chi connectivity index (χ2v) is 12.3. The predicted octanol–water partition coefficient (Wildman–Crippen LogP) is 2.32. The Labute approximate surface area is 223 Å². The number of aromatic amines is 1. The van der Waals surface area contributed by atoms with Crippen LogP contribution in [0.3, 0.4) is 0 Å². The SMILES string of the molecule is CCOC(=O)[C@@H](CC(C)C)NP(=O)(Oc1ccccc1)OC1[C@H]2O[C@@H](n3ccc(=O)[nH]c3=O)[C@](C)(Cl)[C@@]12O. The molecule has 14 heteroatoms. The number of benzene rings is 1. The summed E-state index contributed by atoms with van der Waals surface area (Å²) in [6, 6.07) is 8.28. The molecule has 2 aliphatic rings. The summed E-state index contributed by atoms with van der Waals surface area (Å²) >= 11 is 6.73. The lowest BCUT2D eigenvalue weighted by molar-refractivity contribution is -0.145. The van der Waals surface area contributed by atoms with Crippen molar-refractivity contribution in [3.63, 3.8) is 0 Å². The van der Waals surface area contributed by atoms with Gasteiger partial charge in [0.15, 0.2) is 6.23 Å². The second kappa shape index (κ2) is 10.6. The maximum atomic E-state index is 14.1. The molecule has 2 aromatic rings. The van der Waals surface area contributed by atoms with E-state index in [0.717, 1.165) is 10.6 Å². The van der Waals surface area contributed by atoms with Crippen LogP contribution in [0.5, 0.6) is 5.75 Å². The monoisotopic (exact) mass is 571 g/mol. The number of hydrogen-bond donors (Lipinski definition) is 3. The van der Waals surface area contributed by atoms with Crippen LogP contribution >= 0.6 is 19.3 Å². The van der Waals surface area contributed by atoms with Gasteiger partial charge in [-0.2, -0.15) is 5.09 Å². The van der Waals surface area contributed by atoms with Gasteiger partial charge in [-0.3, -0.25) is 23.7 Å². The topological polar surface area (TPSA) is 158 Å². The van der Waals surface area contributed by atoms with Gasteiger partial charge in [0.2, 0.25) is 0 Å². The van der Waals surface area contributed by atoms with Crippen LogP contribution < -0.4 is 20.9 Å². The zero-order chi connectivity index (χ0) is 27.9. The number of aliphatic hydroxyl groups is 1. The normalized spacial score (nSPS) is 30.3. The molecule has 0 amide bonds. The number of alkyl halides is 1. The van der Waals surface area contributed by atoms with Crippen LogP contribution in [0.25, 0.3) is 0 Å². The van der Waals surface area contributed by atoms with Gasteiger partial charge in [-0.05, 0) is 38.3 Å². The maximum Gasteiger partial charge on any atom is 0.459 e. The van der Waals surface area contributed by atoms with Crippen LogP contribution in [0.1, 0.15) is 40.3 Å². The number of ether oxygens (including phenoxy) is 2. The molecule has 7 atom stereocenters. The average molecular weight is 572 g/mol. The summed E-state index contributed by atoms with van der Waals surface area (Å²) in [4.78, 5) is 36.9. The molecule has 2 unspecified atom stereocenters. The Morgan fingerprint density at radius 2 is 1.97 bits per heavy atom. The molecule has 1 aromatic carbocycles. The molecule has 4 rings (SSSR count). The zero-order valence-electron chi connectivity index (χ0n) is 21.3. The molecule has 38 heavy (non-hydrogen) atoms. The number of carbonyl (C=O) groups excluding carboxylic acids is 1. The number of nitrogens with one attached hydrogen (secondary N) is 2. The van der Waals surface area contributed by atoms with E-state index in [4.69, 9.17) is 30.1 Å². The van der Waals surface area contributed by atoms with Gasteiger partial charge in [-0.25, -0.2) is 9.36 Å². The van der Waals surface area contributed by atoms with E-state index >= 15 is 0 Å². The van der Waals surface area contributed by atoms with Crippen molar-refractivity contribution in [3.05, 3.63) is 63.4 Å². The van der Waals surface area contributed by atoms with Gasteiger partial charge >= 0.3 is 19.4 Å². The maximum absolute atomic E-state index is 14.1. The number of nitrogens with zero attached hydrogens (tertiary/aromatic N) is 1. The fourth-order valence-electron chi connectivity index (χ4n) is 4.54. The minimum absolute atomic E-state index is 0.0254. The van der Waals surface area contributed by atoms with Crippen LogP contribution in [0.15, 0.2) is 52.2 Å². The lowest BCUT2D eigenvalue weighted by atomic mass is 10.0. The number of fused-ring (bicyclic) bond motifs is 1. The number of para-hydroxylation sites is 1. The molecule has 1 aliphatic carbocycles. The van der Waals surface area contributed by atoms with Crippen molar-refractivity contribution in [2.75, 3.05) is 6.61 Å². The van der Waals surface area contributed by atoms with E-state index in [1.54, 1.807) is 37.3 Å². The van der Waals surface area contributed by atoms with Gasteiger partial charge in [-0.15, -0.1) is 11.6 Å². The molecule has 1 saturated carbocycles. The van der Waals surface area contributed by atoms with E-state index in [1.165, 1.54) is 13.1 Å². The highest BCUT2D eigenvalue weighted by Gasteiger charge is 2.84. The minimum atomic E-state index is -4.35. The number of hydrogen-bond acceptors (Lipinski definition) is 9. The molecular formula is C24H31ClN3O9P. The van der Waals surface area contributed by atoms with Crippen molar-refractivity contribution in [1.29, 1.82) is 0 Å². The Kier molecular flexibility index (Phi) is 7.96. The quantitative estimate of drug-likeness (QED) is 0.208. The van der Waals surface area contributed by atoms with Gasteiger partial charge in [0.1, 0.15) is 34.5 Å². The second-order valence-electron chi connectivity index (χ2n) is 9.82. The van der Waals surface area contributed by atoms with Gasteiger partial charge in [-0.1, -0.05) is 32.0 Å². The molecule has 0 bridgehead atoms. The smallest absolute Gasteiger partial charge is 0.459 e. The molecule has 0 radical (unpaired) electrons. The zero-order valence-corrected chi connectivity index (χ0v) is 23.0. The number of rotatable bonds is 11. The lowest BCUT2D eigenvalue weighted by Gasteiger charge is -2.33. The molecule has 1 aliphatic heterocycles. The Balaban J connectivity index is 1.61. The van der Waals surface area contributed by atoms with Gasteiger partial charge in [0.05, 0.1) is 6.61 Å². The van der Waals surface area contributed by atoms with E-state index in [0.29, 0.717) is 0 Å². The van der Waals surface area contributed by atoms with Crippen molar-refractivity contribution >= 4 is 25.3 Å². The third-order valence-corrected chi connectivity index (χ3v) is 8.55. The van der Waals surface area contributed by atoms with E-state index in [2.05, 4.69) is 10.1 Å². The molecule has 2 heterocycles. The van der Waals surface area contributed by atoms with Crippen LogP contribution in [0, 0.1) is 5.92 Å². The van der Waals surface area contributed by atoms with Crippen LogP contribution in [0.2, 0.25) is 0 Å². The summed E-state index contributed by atoms with van der Waals surface area (Å²) in [6.07, 6.45) is -2.02. The van der Waals surface area contributed by atoms with Gasteiger partial charge < -0.3 is 19.1 Å². The van der Waals surface area contributed by atoms with E-state index in [9.17, 15) is 24.1 Å². The molecule has 208 valence electrons. The number of aromatic nitrogens is 2. The fraction of sp³-hybridized carbons (Fsp3) is 0.542. The van der Waals surface area contributed by atoms with Crippen LogP contribution in [-0.4, -0.2) is 56.0 Å². The first kappa shape index (κ1) is 28.5. The van der Waals surface area contributed by atoms with Crippen molar-refractivity contribution in [2.45, 2.75) is 69.1 Å². The standard InChI is InChI=1S/C24H31ClN3O9P/c1-5-34-20(30)16(13-14(2)3)27-38(33,36-15-9-7-6-8-10-15)37-19-18-24(19,32)23(4,25)21(35-18)28-12-11-17(29)26-22(28)31/h6-12,14,16,18-19,21,32H,5,13H2,1-4H3,(H,27,33)(H,26,29,31)/t16-,18-,19?,21-,23+,24+,38?/m1/s1. The first-order chi connectivity index (χ1) is 17.8. The fourth-order valence-corrected chi connectivity index (χ4v) is 6.63. The van der Waals surface area contributed by atoms with Crippen molar-refractivity contribution in [2.24, 2.45) is 5.92 Å². The van der Waals surface area contributed by atoms with Crippen LogP contribution in [0.4, 0.5) is 0 Å². The van der Waals surface area contributed by atoms with Crippen molar-refractivity contribution in [1.82, 2.24) is 14.6 Å². The number of H-pyrrole nitrogens is 1. The first-order valence-corrected chi connectivity index (χ1v) is 14.1. The lowest BCUT2D eigenvalue weighted by Crippen LogP contribution is -2.47. The van der Waals surface area contributed by atoms with Gasteiger partial charge in [0.25, 0.3) is 5.56 Å². The molecular weight excluding hydrogens is 541 g/mol. The summed E-state index contributed by atoms with van der Waals surface area (Å²) < 4.78 is 37.7. The first-order valence-electron chi connectivity index (χ1n) is 12.2. The molecule has 12 nitrogen and oxygen atoms in total. The molecule has 2 fully saturated rings. The summed E-state index contributed by atoms with van der Waals surface area (Å²) in [5, 5.41) is 14.2. The van der Waals surface area contributed by atoms with Crippen molar-refractivity contribution < 1.29 is 33.0 Å². The van der Waals surface area contributed by atoms with Crippen LogP contribution in [-0.2, 0) is 23.4 Å². The number of esters is 1. The third kappa shape index (κ3) is 5.34. The molecule has 3 N–H and O–H groups in total. The number of carbonyl (C=O) groups is 1. The highest BCUT2D eigenvalue weighted by molar-refractivity contribution is 7.52. The average Bonchev–Trinajstić information content (AvgIpc) is 3.32. The number of halogens is 1. The highest BCUT2D eigenvalue weighted by atomic mass is 35.5.